The number of ether oxygens (including phenoxy) is 1. The van der Waals surface area contributed by atoms with Gasteiger partial charge < -0.3 is 4.74 Å². The smallest absolute Gasteiger partial charge is 0.303 e. The third-order valence-corrected chi connectivity index (χ3v) is 4.67. The van der Waals surface area contributed by atoms with Gasteiger partial charge in [-0.2, -0.15) is 0 Å². The molecule has 0 aromatic heterocycles. The fraction of sp³-hybridized carbons (Fsp3) is 0.706. The van der Waals surface area contributed by atoms with Gasteiger partial charge in [0.05, 0.1) is 0 Å². The zero-order chi connectivity index (χ0) is 15.7. The zero-order valence-corrected chi connectivity index (χ0v) is 13.5. The molecular formula is C17H26O4. The lowest BCUT2D eigenvalue weighted by atomic mass is 9.74. The standard InChI is InChI=1S/C17H26O4/c1-12(2)15(19-14(4)18)7-6-13(3)17-10-8-16(5,9-11-17)20-21-17/h8,10,13,15H,1,6-7,9,11H2,2-5H3. The minimum absolute atomic E-state index is 0.219. The first-order valence-corrected chi connectivity index (χ1v) is 7.66. The third kappa shape index (κ3) is 3.55. The maximum Gasteiger partial charge on any atom is 0.303 e. The Bertz CT molecular complexity index is 444. The lowest BCUT2D eigenvalue weighted by molar-refractivity contribution is -0.432. The highest BCUT2D eigenvalue weighted by atomic mass is 17.2. The predicted octanol–water partition coefficient (Wildman–Crippen LogP) is 3.72. The van der Waals surface area contributed by atoms with Gasteiger partial charge in [-0.05, 0) is 51.0 Å². The van der Waals surface area contributed by atoms with Crippen molar-refractivity contribution in [2.24, 2.45) is 5.92 Å². The fourth-order valence-electron chi connectivity index (χ4n) is 2.98. The van der Waals surface area contributed by atoms with E-state index < -0.39 is 0 Å². The highest BCUT2D eigenvalue weighted by Crippen LogP contribution is 2.45. The average Bonchev–Trinajstić information content (AvgIpc) is 2.43. The quantitative estimate of drug-likeness (QED) is 0.425. The van der Waals surface area contributed by atoms with Crippen LogP contribution in [0.1, 0.15) is 53.4 Å². The summed E-state index contributed by atoms with van der Waals surface area (Å²) < 4.78 is 5.31. The highest BCUT2D eigenvalue weighted by Gasteiger charge is 2.48. The van der Waals surface area contributed by atoms with Crippen LogP contribution in [0.3, 0.4) is 0 Å². The summed E-state index contributed by atoms with van der Waals surface area (Å²) in [5.74, 6) is 0.0235. The number of rotatable bonds is 6. The molecule has 4 unspecified atom stereocenters. The van der Waals surface area contributed by atoms with Crippen molar-refractivity contribution >= 4 is 5.97 Å². The van der Waals surface area contributed by atoms with E-state index in [1.807, 2.05) is 13.8 Å². The van der Waals surface area contributed by atoms with E-state index in [1.54, 1.807) is 0 Å². The van der Waals surface area contributed by atoms with Crippen LogP contribution in [0.2, 0.25) is 0 Å². The highest BCUT2D eigenvalue weighted by molar-refractivity contribution is 5.66. The van der Waals surface area contributed by atoms with Crippen molar-refractivity contribution in [1.82, 2.24) is 0 Å². The molecule has 1 saturated heterocycles. The molecule has 21 heavy (non-hydrogen) atoms. The first-order chi connectivity index (χ1) is 9.76. The maximum absolute atomic E-state index is 11.1. The molecule has 0 spiro atoms. The molecule has 4 heteroatoms. The summed E-state index contributed by atoms with van der Waals surface area (Å²) in [5, 5.41) is 0. The summed E-state index contributed by atoms with van der Waals surface area (Å²) in [5.41, 5.74) is 0.273. The van der Waals surface area contributed by atoms with Gasteiger partial charge in [-0.25, -0.2) is 9.78 Å². The number of esters is 1. The zero-order valence-electron chi connectivity index (χ0n) is 13.5. The number of carbonyl (C=O) groups is 1. The van der Waals surface area contributed by atoms with Gasteiger partial charge in [0.25, 0.3) is 0 Å². The van der Waals surface area contributed by atoms with Gasteiger partial charge in [0, 0.05) is 6.92 Å². The van der Waals surface area contributed by atoms with Crippen LogP contribution >= 0.6 is 0 Å². The molecule has 0 N–H and O–H groups in total. The summed E-state index contributed by atoms with van der Waals surface area (Å²) in [7, 11) is 0. The van der Waals surface area contributed by atoms with Gasteiger partial charge in [-0.15, -0.1) is 0 Å². The van der Waals surface area contributed by atoms with Crippen molar-refractivity contribution < 1.29 is 19.3 Å². The van der Waals surface area contributed by atoms with E-state index in [2.05, 4.69) is 25.7 Å². The Hall–Kier alpha value is -1.13. The molecule has 0 aromatic carbocycles. The number of carbonyl (C=O) groups excluding carboxylic acids is 1. The molecule has 0 aromatic rings. The second-order valence-electron chi connectivity index (χ2n) is 6.69. The molecule has 2 aliphatic heterocycles. The first-order valence-electron chi connectivity index (χ1n) is 7.66. The second kappa shape index (κ2) is 5.93. The molecule has 118 valence electrons. The van der Waals surface area contributed by atoms with Gasteiger partial charge in [-0.1, -0.05) is 25.7 Å². The molecule has 0 radical (unpaired) electrons. The summed E-state index contributed by atoms with van der Waals surface area (Å²) in [4.78, 5) is 22.4. The largest absolute Gasteiger partial charge is 0.458 e. The van der Waals surface area contributed by atoms with Crippen LogP contribution in [0.5, 0.6) is 0 Å². The molecule has 4 nitrogen and oxygen atoms in total. The topological polar surface area (TPSA) is 44.8 Å². The van der Waals surface area contributed by atoms with Crippen molar-refractivity contribution in [3.8, 4) is 0 Å². The van der Waals surface area contributed by atoms with Crippen LogP contribution in [-0.4, -0.2) is 23.3 Å². The molecule has 3 rings (SSSR count). The monoisotopic (exact) mass is 294 g/mol. The molecule has 0 amide bonds. The van der Waals surface area contributed by atoms with Crippen molar-refractivity contribution in [3.05, 3.63) is 24.3 Å². The van der Waals surface area contributed by atoms with E-state index in [4.69, 9.17) is 14.5 Å². The second-order valence-corrected chi connectivity index (χ2v) is 6.69. The van der Waals surface area contributed by atoms with Crippen LogP contribution in [0.15, 0.2) is 24.3 Å². The summed E-state index contributed by atoms with van der Waals surface area (Å²) >= 11 is 0. The first kappa shape index (κ1) is 16.2. The third-order valence-electron chi connectivity index (χ3n) is 4.67. The van der Waals surface area contributed by atoms with E-state index in [9.17, 15) is 4.79 Å². The molecule has 1 aliphatic carbocycles. The van der Waals surface area contributed by atoms with Crippen molar-refractivity contribution in [2.45, 2.75) is 70.7 Å². The van der Waals surface area contributed by atoms with Crippen LogP contribution in [-0.2, 0) is 19.3 Å². The van der Waals surface area contributed by atoms with Gasteiger partial charge >= 0.3 is 5.97 Å². The summed E-state index contributed by atoms with van der Waals surface area (Å²) in [6.07, 6.45) is 7.62. The predicted molar refractivity (Wildman–Crippen MR) is 80.4 cm³/mol. The van der Waals surface area contributed by atoms with E-state index >= 15 is 0 Å². The van der Waals surface area contributed by atoms with Crippen molar-refractivity contribution in [3.63, 3.8) is 0 Å². The number of fused-ring (bicyclic) bond motifs is 2. The molecule has 2 heterocycles. The lowest BCUT2D eigenvalue weighted by Crippen LogP contribution is -2.51. The van der Waals surface area contributed by atoms with Gasteiger partial charge in [0.15, 0.2) is 0 Å². The Kier molecular flexibility index (Phi) is 4.59. The van der Waals surface area contributed by atoms with Crippen molar-refractivity contribution in [2.75, 3.05) is 0 Å². The minimum atomic E-state index is -0.340. The Balaban J connectivity index is 1.95. The van der Waals surface area contributed by atoms with Gasteiger partial charge in [0.1, 0.15) is 17.3 Å². The Morgan fingerprint density at radius 1 is 1.29 bits per heavy atom. The average molecular weight is 294 g/mol. The molecule has 3 aliphatic rings. The molecular weight excluding hydrogens is 268 g/mol. The van der Waals surface area contributed by atoms with Crippen LogP contribution in [0.25, 0.3) is 0 Å². The summed E-state index contributed by atoms with van der Waals surface area (Å²) in [6, 6.07) is 0. The fourth-order valence-corrected chi connectivity index (χ4v) is 2.98. The Labute approximate surface area is 127 Å². The number of hydrogen-bond donors (Lipinski definition) is 0. The maximum atomic E-state index is 11.1. The minimum Gasteiger partial charge on any atom is -0.458 e. The Morgan fingerprint density at radius 3 is 2.43 bits per heavy atom. The van der Waals surface area contributed by atoms with Gasteiger partial charge in [-0.3, -0.25) is 4.79 Å². The van der Waals surface area contributed by atoms with Gasteiger partial charge in [0.2, 0.25) is 0 Å². The molecule has 0 saturated carbocycles. The normalized spacial score (nSPS) is 33.5. The van der Waals surface area contributed by atoms with E-state index in [0.717, 1.165) is 31.3 Å². The van der Waals surface area contributed by atoms with Crippen LogP contribution < -0.4 is 0 Å². The van der Waals surface area contributed by atoms with Crippen LogP contribution in [0.4, 0.5) is 0 Å². The van der Waals surface area contributed by atoms with Crippen LogP contribution in [0, 0.1) is 5.92 Å². The Morgan fingerprint density at radius 2 is 2.00 bits per heavy atom. The SMILES string of the molecule is C=C(C)C(CCC(C)C12C=CC(C)(CC1)OO2)OC(C)=O. The molecule has 4 atom stereocenters. The molecule has 1 fully saturated rings. The summed E-state index contributed by atoms with van der Waals surface area (Å²) in [6.45, 7) is 11.4. The number of hydrogen-bond acceptors (Lipinski definition) is 4. The lowest BCUT2D eigenvalue weighted by Gasteiger charge is -2.48. The van der Waals surface area contributed by atoms with E-state index in [1.165, 1.54) is 6.92 Å². The van der Waals surface area contributed by atoms with E-state index in [-0.39, 0.29) is 29.2 Å². The van der Waals surface area contributed by atoms with E-state index in [0.29, 0.717) is 0 Å². The molecule has 2 bridgehead atoms. The van der Waals surface area contributed by atoms with Crippen molar-refractivity contribution in [1.29, 1.82) is 0 Å².